The first kappa shape index (κ1) is 16.2. The second kappa shape index (κ2) is 7.22. The SMILES string of the molecule is CCN=C1SC(=CC(=O)Nc2ccc(F)cc2)C(=O)N1CC. The first-order valence-corrected chi connectivity index (χ1v) is 7.69. The number of rotatable bonds is 4. The van der Waals surface area contributed by atoms with Crippen LogP contribution in [0.15, 0.2) is 40.2 Å². The van der Waals surface area contributed by atoms with Gasteiger partial charge in [-0.1, -0.05) is 0 Å². The van der Waals surface area contributed by atoms with Crippen LogP contribution in [0.4, 0.5) is 10.1 Å². The molecule has 1 N–H and O–H groups in total. The van der Waals surface area contributed by atoms with Gasteiger partial charge in [-0.2, -0.15) is 0 Å². The molecule has 2 amide bonds. The number of halogens is 1. The van der Waals surface area contributed by atoms with E-state index in [1.54, 1.807) is 0 Å². The Balaban J connectivity index is 2.11. The predicted molar refractivity (Wildman–Crippen MR) is 86.1 cm³/mol. The highest BCUT2D eigenvalue weighted by Crippen LogP contribution is 2.30. The summed E-state index contributed by atoms with van der Waals surface area (Å²) in [4.78, 5) is 30.2. The Morgan fingerprint density at radius 2 is 2.05 bits per heavy atom. The first-order chi connectivity index (χ1) is 10.5. The number of nitrogens with zero attached hydrogens (tertiary/aromatic N) is 2. The molecule has 0 aromatic heterocycles. The van der Waals surface area contributed by atoms with E-state index in [-0.39, 0.29) is 11.7 Å². The third kappa shape index (κ3) is 3.73. The molecular weight excluding hydrogens is 305 g/mol. The molecule has 0 spiro atoms. The number of thioether (sulfide) groups is 1. The Labute approximate surface area is 132 Å². The lowest BCUT2D eigenvalue weighted by molar-refractivity contribution is -0.122. The van der Waals surface area contributed by atoms with Crippen molar-refractivity contribution < 1.29 is 14.0 Å². The molecule has 0 unspecified atom stereocenters. The molecule has 0 bridgehead atoms. The van der Waals surface area contributed by atoms with E-state index in [4.69, 9.17) is 0 Å². The molecular formula is C15H16FN3O2S. The minimum atomic E-state index is -0.434. The van der Waals surface area contributed by atoms with Crippen molar-refractivity contribution in [3.63, 3.8) is 0 Å². The van der Waals surface area contributed by atoms with E-state index in [0.717, 1.165) is 0 Å². The molecule has 116 valence electrons. The Hall–Kier alpha value is -2.15. The third-order valence-corrected chi connectivity index (χ3v) is 3.92. The molecule has 1 aliphatic rings. The van der Waals surface area contributed by atoms with Crippen LogP contribution in [0.3, 0.4) is 0 Å². The summed E-state index contributed by atoms with van der Waals surface area (Å²) in [6, 6.07) is 5.42. The Bertz CT molecular complexity index is 641. The molecule has 1 heterocycles. The van der Waals surface area contributed by atoms with Gasteiger partial charge < -0.3 is 5.32 Å². The zero-order chi connectivity index (χ0) is 16.1. The molecule has 0 radical (unpaired) electrons. The van der Waals surface area contributed by atoms with Gasteiger partial charge in [0.05, 0.1) is 4.91 Å². The van der Waals surface area contributed by atoms with Crippen LogP contribution in [0.5, 0.6) is 0 Å². The normalized spacial score (nSPS) is 18.3. The molecule has 22 heavy (non-hydrogen) atoms. The van der Waals surface area contributed by atoms with E-state index < -0.39 is 5.91 Å². The van der Waals surface area contributed by atoms with Crippen molar-refractivity contribution in [2.45, 2.75) is 13.8 Å². The van der Waals surface area contributed by atoms with Crippen LogP contribution >= 0.6 is 11.8 Å². The highest BCUT2D eigenvalue weighted by molar-refractivity contribution is 8.18. The fourth-order valence-corrected chi connectivity index (χ4v) is 2.95. The number of hydrogen-bond donors (Lipinski definition) is 1. The average Bonchev–Trinajstić information content (AvgIpc) is 2.77. The van der Waals surface area contributed by atoms with Gasteiger partial charge in [0.15, 0.2) is 5.17 Å². The van der Waals surface area contributed by atoms with E-state index in [9.17, 15) is 14.0 Å². The smallest absolute Gasteiger partial charge is 0.266 e. The quantitative estimate of drug-likeness (QED) is 0.867. The molecule has 1 aromatic rings. The van der Waals surface area contributed by atoms with E-state index >= 15 is 0 Å². The van der Waals surface area contributed by atoms with Crippen molar-refractivity contribution in [2.75, 3.05) is 18.4 Å². The Morgan fingerprint density at radius 3 is 2.64 bits per heavy atom. The van der Waals surface area contributed by atoms with Gasteiger partial charge in [0.2, 0.25) is 5.91 Å². The maximum Gasteiger partial charge on any atom is 0.266 e. The highest BCUT2D eigenvalue weighted by atomic mass is 32.2. The zero-order valence-electron chi connectivity index (χ0n) is 12.3. The van der Waals surface area contributed by atoms with Gasteiger partial charge in [-0.25, -0.2) is 4.39 Å². The van der Waals surface area contributed by atoms with Gasteiger partial charge in [-0.3, -0.25) is 19.5 Å². The summed E-state index contributed by atoms with van der Waals surface area (Å²) < 4.78 is 12.8. The number of amides is 2. The fraction of sp³-hybridized carbons (Fsp3) is 0.267. The summed E-state index contributed by atoms with van der Waals surface area (Å²) in [7, 11) is 0. The van der Waals surface area contributed by atoms with Crippen LogP contribution in [-0.4, -0.2) is 35.0 Å². The maximum atomic E-state index is 12.8. The molecule has 1 fully saturated rings. The number of hydrogen-bond acceptors (Lipinski definition) is 4. The monoisotopic (exact) mass is 321 g/mol. The minimum absolute atomic E-state index is 0.228. The van der Waals surface area contributed by atoms with Gasteiger partial charge in [0, 0.05) is 24.9 Å². The first-order valence-electron chi connectivity index (χ1n) is 6.87. The zero-order valence-corrected chi connectivity index (χ0v) is 13.1. The van der Waals surface area contributed by atoms with Gasteiger partial charge in [-0.15, -0.1) is 0 Å². The average molecular weight is 321 g/mol. The van der Waals surface area contributed by atoms with Gasteiger partial charge in [0.1, 0.15) is 5.82 Å². The summed E-state index contributed by atoms with van der Waals surface area (Å²) in [5, 5.41) is 3.20. The Morgan fingerprint density at radius 1 is 1.36 bits per heavy atom. The van der Waals surface area contributed by atoms with Crippen molar-refractivity contribution in [3.8, 4) is 0 Å². The van der Waals surface area contributed by atoms with Crippen molar-refractivity contribution in [1.82, 2.24) is 4.90 Å². The largest absolute Gasteiger partial charge is 0.322 e. The molecule has 0 atom stereocenters. The van der Waals surface area contributed by atoms with Crippen LogP contribution in [-0.2, 0) is 9.59 Å². The van der Waals surface area contributed by atoms with Crippen LogP contribution in [0.2, 0.25) is 0 Å². The van der Waals surface area contributed by atoms with Crippen molar-refractivity contribution in [3.05, 3.63) is 41.1 Å². The summed E-state index contributed by atoms with van der Waals surface area (Å²) in [5.74, 6) is -1.04. The molecule has 2 rings (SSSR count). The van der Waals surface area contributed by atoms with E-state index in [2.05, 4.69) is 10.3 Å². The number of anilines is 1. The van der Waals surface area contributed by atoms with Gasteiger partial charge >= 0.3 is 0 Å². The number of nitrogens with one attached hydrogen (secondary N) is 1. The number of amidine groups is 1. The van der Waals surface area contributed by atoms with Gasteiger partial charge in [0.25, 0.3) is 5.91 Å². The summed E-state index contributed by atoms with van der Waals surface area (Å²) in [5.41, 5.74) is 0.466. The molecule has 1 aromatic carbocycles. The topological polar surface area (TPSA) is 61.8 Å². The standard InChI is InChI=1S/C15H16FN3O2S/c1-3-17-15-19(4-2)14(21)12(22-15)9-13(20)18-11-7-5-10(16)6-8-11/h5-9H,3-4H2,1-2H3,(H,18,20). The van der Waals surface area contributed by atoms with E-state index in [0.29, 0.717) is 28.8 Å². The number of likely N-dealkylation sites (N-methyl/N-ethyl adjacent to an activating group) is 1. The highest BCUT2D eigenvalue weighted by Gasteiger charge is 2.32. The second-order valence-electron chi connectivity index (χ2n) is 4.41. The maximum absolute atomic E-state index is 12.8. The Kier molecular flexibility index (Phi) is 5.32. The second-order valence-corrected chi connectivity index (χ2v) is 5.42. The van der Waals surface area contributed by atoms with Crippen LogP contribution in [0.1, 0.15) is 13.8 Å². The van der Waals surface area contributed by atoms with E-state index in [1.807, 2.05) is 13.8 Å². The fourth-order valence-electron chi connectivity index (χ4n) is 1.87. The van der Waals surface area contributed by atoms with E-state index in [1.165, 1.54) is 47.0 Å². The number of aliphatic imine (C=N–C) groups is 1. The number of carbonyl (C=O) groups excluding carboxylic acids is 2. The van der Waals surface area contributed by atoms with Crippen LogP contribution in [0, 0.1) is 5.82 Å². The summed E-state index contributed by atoms with van der Waals surface area (Å²) >= 11 is 1.18. The molecule has 0 aliphatic carbocycles. The lowest BCUT2D eigenvalue weighted by Gasteiger charge is -2.11. The summed E-state index contributed by atoms with van der Waals surface area (Å²) in [6.07, 6.45) is 1.25. The third-order valence-electron chi connectivity index (χ3n) is 2.87. The predicted octanol–water partition coefficient (Wildman–Crippen LogP) is 2.62. The molecule has 5 nitrogen and oxygen atoms in total. The van der Waals surface area contributed by atoms with Gasteiger partial charge in [-0.05, 0) is 49.9 Å². The van der Waals surface area contributed by atoms with Crippen LogP contribution in [0.25, 0.3) is 0 Å². The minimum Gasteiger partial charge on any atom is -0.322 e. The number of carbonyl (C=O) groups is 2. The molecule has 1 saturated heterocycles. The van der Waals surface area contributed by atoms with Crippen molar-refractivity contribution in [1.29, 1.82) is 0 Å². The number of benzene rings is 1. The summed E-state index contributed by atoms with van der Waals surface area (Å²) in [6.45, 7) is 4.81. The van der Waals surface area contributed by atoms with Crippen LogP contribution < -0.4 is 5.32 Å². The lowest BCUT2D eigenvalue weighted by atomic mass is 10.3. The molecule has 7 heteroatoms. The molecule has 0 saturated carbocycles. The molecule has 1 aliphatic heterocycles. The van der Waals surface area contributed by atoms with Crippen molar-refractivity contribution >= 4 is 34.4 Å². The lowest BCUT2D eigenvalue weighted by Crippen LogP contribution is -2.29. The van der Waals surface area contributed by atoms with Crippen molar-refractivity contribution in [2.24, 2.45) is 4.99 Å².